The number of rotatable bonds is 6. The number of benzene rings is 1. The minimum atomic E-state index is 0. The molecule has 8 heteroatoms. The van der Waals surface area contributed by atoms with Crippen LogP contribution in [-0.4, -0.2) is 50.3 Å². The van der Waals surface area contributed by atoms with Gasteiger partial charge in [0.15, 0.2) is 17.5 Å². The van der Waals surface area contributed by atoms with Crippen LogP contribution in [0.2, 0.25) is 0 Å². The molecule has 158 valence electrons. The highest BCUT2D eigenvalue weighted by atomic mass is 127. The number of aromatic nitrogens is 1. The molecule has 0 unspecified atom stereocenters. The van der Waals surface area contributed by atoms with Gasteiger partial charge in [0.25, 0.3) is 0 Å². The third kappa shape index (κ3) is 5.43. The highest BCUT2D eigenvalue weighted by Crippen LogP contribution is 2.33. The summed E-state index contributed by atoms with van der Waals surface area (Å²) < 4.78 is 16.2. The molecule has 1 aliphatic heterocycles. The van der Waals surface area contributed by atoms with Gasteiger partial charge in [-0.3, -0.25) is 0 Å². The predicted octanol–water partition coefficient (Wildman–Crippen LogP) is 3.25. The first-order valence-electron chi connectivity index (χ1n) is 9.45. The summed E-state index contributed by atoms with van der Waals surface area (Å²) in [6.45, 7) is 5.04. The number of aliphatic imine (C=N–C) groups is 1. The lowest BCUT2D eigenvalue weighted by Crippen LogP contribution is -2.44. The van der Waals surface area contributed by atoms with E-state index in [1.165, 1.54) is 11.1 Å². The van der Waals surface area contributed by atoms with Gasteiger partial charge in [-0.2, -0.15) is 0 Å². The number of hydrogen-bond acceptors (Lipinski definition) is 5. The van der Waals surface area contributed by atoms with Gasteiger partial charge in [0.05, 0.1) is 27.9 Å². The van der Waals surface area contributed by atoms with E-state index in [0.717, 1.165) is 49.1 Å². The quantitative estimate of drug-likeness (QED) is 0.364. The summed E-state index contributed by atoms with van der Waals surface area (Å²) in [4.78, 5) is 11.3. The standard InChI is InChI=1S/C21H28N4O3.HI/c1-5-22-21(24-13-16-7-6-9-23-20(16)28-4)25-10-8-15-11-18(26-2)19(27-3)12-17(15)14-25;/h6-7,9,11-12H,5,8,10,13-14H2,1-4H3,(H,22,24);1H. The fourth-order valence-corrected chi connectivity index (χ4v) is 3.38. The largest absolute Gasteiger partial charge is 0.493 e. The third-order valence-electron chi connectivity index (χ3n) is 4.79. The van der Waals surface area contributed by atoms with Crippen molar-refractivity contribution >= 4 is 29.9 Å². The van der Waals surface area contributed by atoms with E-state index in [9.17, 15) is 0 Å². The molecule has 2 aromatic rings. The van der Waals surface area contributed by atoms with Crippen LogP contribution in [0.1, 0.15) is 23.6 Å². The highest BCUT2D eigenvalue weighted by molar-refractivity contribution is 14.0. The van der Waals surface area contributed by atoms with Gasteiger partial charge in [0.1, 0.15) is 0 Å². The van der Waals surface area contributed by atoms with Crippen LogP contribution in [0.4, 0.5) is 0 Å². The first-order valence-corrected chi connectivity index (χ1v) is 9.45. The van der Waals surface area contributed by atoms with Gasteiger partial charge >= 0.3 is 0 Å². The van der Waals surface area contributed by atoms with Crippen molar-refractivity contribution in [1.82, 2.24) is 15.2 Å². The topological polar surface area (TPSA) is 68.2 Å². The Balaban J connectivity index is 0.00000300. The fourth-order valence-electron chi connectivity index (χ4n) is 3.38. The molecule has 0 radical (unpaired) electrons. The van der Waals surface area contributed by atoms with Crippen molar-refractivity contribution in [2.24, 2.45) is 4.99 Å². The number of methoxy groups -OCH3 is 3. The Bertz CT molecular complexity index is 845. The molecule has 0 saturated carbocycles. The van der Waals surface area contributed by atoms with E-state index in [2.05, 4.69) is 34.3 Å². The van der Waals surface area contributed by atoms with Crippen LogP contribution in [0.5, 0.6) is 17.4 Å². The van der Waals surface area contributed by atoms with E-state index in [1.54, 1.807) is 27.5 Å². The Labute approximate surface area is 189 Å². The van der Waals surface area contributed by atoms with Gasteiger partial charge in [-0.05, 0) is 42.7 Å². The van der Waals surface area contributed by atoms with Crippen molar-refractivity contribution in [3.63, 3.8) is 0 Å². The summed E-state index contributed by atoms with van der Waals surface area (Å²) in [5.74, 6) is 3.03. The molecule has 2 heterocycles. The summed E-state index contributed by atoms with van der Waals surface area (Å²) in [5, 5.41) is 3.40. The number of nitrogens with one attached hydrogen (secondary N) is 1. The normalized spacial score (nSPS) is 13.2. The van der Waals surface area contributed by atoms with Crippen LogP contribution >= 0.6 is 24.0 Å². The molecule has 0 saturated heterocycles. The van der Waals surface area contributed by atoms with Crippen LogP contribution in [0, 0.1) is 0 Å². The number of hydrogen-bond donors (Lipinski definition) is 1. The average molecular weight is 512 g/mol. The van der Waals surface area contributed by atoms with Crippen molar-refractivity contribution in [3.05, 3.63) is 47.2 Å². The number of pyridine rings is 1. The van der Waals surface area contributed by atoms with Crippen molar-refractivity contribution in [2.75, 3.05) is 34.4 Å². The van der Waals surface area contributed by atoms with Crippen LogP contribution in [0.25, 0.3) is 0 Å². The molecule has 1 aliphatic rings. The molecule has 1 N–H and O–H groups in total. The van der Waals surface area contributed by atoms with Gasteiger partial charge in [-0.15, -0.1) is 24.0 Å². The van der Waals surface area contributed by atoms with Crippen LogP contribution in [0.3, 0.4) is 0 Å². The number of guanidine groups is 1. The third-order valence-corrected chi connectivity index (χ3v) is 4.79. The maximum atomic E-state index is 5.47. The van der Waals surface area contributed by atoms with Crippen molar-refractivity contribution in [3.8, 4) is 17.4 Å². The zero-order chi connectivity index (χ0) is 19.9. The monoisotopic (exact) mass is 512 g/mol. The van der Waals surface area contributed by atoms with E-state index in [-0.39, 0.29) is 24.0 Å². The second-order valence-corrected chi connectivity index (χ2v) is 6.49. The lowest BCUT2D eigenvalue weighted by molar-refractivity contribution is 0.346. The SMILES string of the molecule is CCNC(=NCc1cccnc1OC)N1CCc2cc(OC)c(OC)cc2C1.I. The molecule has 0 atom stereocenters. The zero-order valence-electron chi connectivity index (χ0n) is 17.4. The van der Waals surface area contributed by atoms with E-state index in [4.69, 9.17) is 19.2 Å². The van der Waals surface area contributed by atoms with E-state index in [0.29, 0.717) is 12.4 Å². The summed E-state index contributed by atoms with van der Waals surface area (Å²) in [6.07, 6.45) is 2.65. The van der Waals surface area contributed by atoms with Gasteiger partial charge in [-0.1, -0.05) is 6.07 Å². The minimum absolute atomic E-state index is 0. The van der Waals surface area contributed by atoms with Gasteiger partial charge < -0.3 is 24.4 Å². The molecule has 3 rings (SSSR count). The second-order valence-electron chi connectivity index (χ2n) is 6.49. The smallest absolute Gasteiger partial charge is 0.218 e. The minimum Gasteiger partial charge on any atom is -0.493 e. The van der Waals surface area contributed by atoms with Crippen LogP contribution in [0.15, 0.2) is 35.5 Å². The van der Waals surface area contributed by atoms with Gasteiger partial charge in [0, 0.05) is 31.4 Å². The Morgan fingerprint density at radius 1 is 1.14 bits per heavy atom. The van der Waals surface area contributed by atoms with Crippen molar-refractivity contribution in [1.29, 1.82) is 0 Å². The average Bonchev–Trinajstić information content (AvgIpc) is 2.75. The molecule has 1 aromatic carbocycles. The first kappa shape index (κ1) is 23.1. The Morgan fingerprint density at radius 2 is 1.86 bits per heavy atom. The Hall–Kier alpha value is -2.23. The molecular weight excluding hydrogens is 483 g/mol. The Morgan fingerprint density at radius 3 is 2.52 bits per heavy atom. The second kappa shape index (κ2) is 11.1. The van der Waals surface area contributed by atoms with Crippen LogP contribution in [-0.2, 0) is 19.5 Å². The molecule has 29 heavy (non-hydrogen) atoms. The molecule has 0 amide bonds. The summed E-state index contributed by atoms with van der Waals surface area (Å²) >= 11 is 0. The molecule has 0 bridgehead atoms. The van der Waals surface area contributed by atoms with E-state index in [1.807, 2.05) is 12.1 Å². The van der Waals surface area contributed by atoms with Crippen molar-refractivity contribution in [2.45, 2.75) is 26.4 Å². The molecule has 0 spiro atoms. The zero-order valence-corrected chi connectivity index (χ0v) is 19.7. The first-order chi connectivity index (χ1) is 13.7. The Kier molecular flexibility index (Phi) is 8.81. The molecule has 7 nitrogen and oxygen atoms in total. The van der Waals surface area contributed by atoms with Gasteiger partial charge in [0.2, 0.25) is 5.88 Å². The highest BCUT2D eigenvalue weighted by Gasteiger charge is 2.21. The number of nitrogens with zero attached hydrogens (tertiary/aromatic N) is 3. The number of halogens is 1. The lowest BCUT2D eigenvalue weighted by Gasteiger charge is -2.32. The van der Waals surface area contributed by atoms with Crippen LogP contribution < -0.4 is 19.5 Å². The molecule has 1 aromatic heterocycles. The fraction of sp³-hybridized carbons (Fsp3) is 0.429. The predicted molar refractivity (Wildman–Crippen MR) is 125 cm³/mol. The number of fused-ring (bicyclic) bond motifs is 1. The van der Waals surface area contributed by atoms with Crippen molar-refractivity contribution < 1.29 is 14.2 Å². The maximum absolute atomic E-state index is 5.47. The summed E-state index contributed by atoms with van der Waals surface area (Å²) in [5.41, 5.74) is 3.48. The molecular formula is C21H29IN4O3. The molecule has 0 fully saturated rings. The summed E-state index contributed by atoms with van der Waals surface area (Å²) in [7, 11) is 4.96. The van der Waals surface area contributed by atoms with E-state index >= 15 is 0 Å². The maximum Gasteiger partial charge on any atom is 0.218 e. The van der Waals surface area contributed by atoms with E-state index < -0.39 is 0 Å². The summed E-state index contributed by atoms with van der Waals surface area (Å²) in [6, 6.07) is 8.03. The molecule has 0 aliphatic carbocycles. The van der Waals surface area contributed by atoms with Gasteiger partial charge in [-0.25, -0.2) is 9.98 Å². The number of ether oxygens (including phenoxy) is 3. The lowest BCUT2D eigenvalue weighted by atomic mass is 9.99.